The maximum Gasteiger partial charge on any atom is 0.0734 e. The van der Waals surface area contributed by atoms with Crippen LogP contribution < -0.4 is 10.6 Å². The van der Waals surface area contributed by atoms with Crippen molar-refractivity contribution < 1.29 is 0 Å². The molecule has 1 aromatic heterocycles. The van der Waals surface area contributed by atoms with Crippen LogP contribution in [0.3, 0.4) is 0 Å². The van der Waals surface area contributed by atoms with E-state index in [0.717, 1.165) is 36.6 Å². The van der Waals surface area contributed by atoms with Crippen molar-refractivity contribution in [1.29, 1.82) is 0 Å². The van der Waals surface area contributed by atoms with Crippen LogP contribution in [0.4, 0.5) is 0 Å². The molecule has 3 nitrogen and oxygen atoms in total. The van der Waals surface area contributed by atoms with Gasteiger partial charge < -0.3 is 5.32 Å². The Bertz CT molecular complexity index is 836. The maximum absolute atomic E-state index is 6.09. The number of fused-ring (bicyclic) bond motifs is 1. The van der Waals surface area contributed by atoms with Gasteiger partial charge in [0.15, 0.2) is 0 Å². The van der Waals surface area contributed by atoms with E-state index in [1.54, 1.807) is 0 Å². The molecule has 127 valence electrons. The summed E-state index contributed by atoms with van der Waals surface area (Å²) in [5.74, 6) is 0.317. The number of hydrogen-bond donors (Lipinski definition) is 1. The predicted molar refractivity (Wildman–Crippen MR) is 103 cm³/mol. The van der Waals surface area contributed by atoms with E-state index >= 15 is 0 Å². The lowest BCUT2D eigenvalue weighted by Crippen LogP contribution is -2.47. The number of hydrogen-bond acceptors (Lipinski definition) is 2. The Balaban J connectivity index is 1.71. The van der Waals surface area contributed by atoms with E-state index < -0.39 is 0 Å². The molecule has 1 radical (unpaired) electrons. The quantitative estimate of drug-likeness (QED) is 0.777. The number of piperazine rings is 1. The summed E-state index contributed by atoms with van der Waals surface area (Å²) in [7, 11) is 0. The van der Waals surface area contributed by atoms with E-state index in [-0.39, 0.29) is 6.04 Å². The molecule has 1 N–H and O–H groups in total. The topological polar surface area (TPSA) is 39.0 Å². The van der Waals surface area contributed by atoms with Crippen LogP contribution in [0, 0.1) is 0 Å². The lowest BCUT2D eigenvalue weighted by molar-refractivity contribution is 0.357. The number of aromatic nitrogens is 1. The van der Waals surface area contributed by atoms with Crippen LogP contribution in [0.15, 0.2) is 60.8 Å². The monoisotopic (exact) mass is 350 g/mol. The number of pyridine rings is 1. The zero-order chi connectivity index (χ0) is 17.1. The molecule has 0 spiro atoms. The van der Waals surface area contributed by atoms with Gasteiger partial charge in [0, 0.05) is 48.2 Å². The van der Waals surface area contributed by atoms with Crippen LogP contribution in [0.25, 0.3) is 10.9 Å². The Morgan fingerprint density at radius 1 is 1.08 bits per heavy atom. The molecule has 2 atom stereocenters. The van der Waals surface area contributed by atoms with Crippen molar-refractivity contribution in [3.05, 3.63) is 76.9 Å². The average Bonchev–Trinajstić information content (AvgIpc) is 2.68. The first-order valence-electron chi connectivity index (χ1n) is 8.77. The lowest BCUT2D eigenvalue weighted by atomic mass is 9.84. The zero-order valence-electron chi connectivity index (χ0n) is 14.0. The second kappa shape index (κ2) is 7.52. The highest BCUT2D eigenvalue weighted by atomic mass is 35.5. The first kappa shape index (κ1) is 16.5. The summed E-state index contributed by atoms with van der Waals surface area (Å²) in [4.78, 5) is 4.62. The Morgan fingerprint density at radius 2 is 1.92 bits per heavy atom. The second-order valence-corrected chi connectivity index (χ2v) is 6.97. The number of nitrogens with zero attached hydrogens (tertiary/aromatic N) is 2. The molecule has 1 aliphatic rings. The maximum atomic E-state index is 6.09. The molecule has 3 aromatic rings. The van der Waals surface area contributed by atoms with Crippen molar-refractivity contribution >= 4 is 22.5 Å². The van der Waals surface area contributed by atoms with Crippen LogP contribution in [0.1, 0.15) is 17.0 Å². The molecule has 1 aliphatic heterocycles. The fourth-order valence-electron chi connectivity index (χ4n) is 3.65. The number of rotatable bonds is 4. The van der Waals surface area contributed by atoms with Crippen molar-refractivity contribution in [2.75, 3.05) is 19.6 Å². The van der Waals surface area contributed by atoms with Gasteiger partial charge in [0.2, 0.25) is 0 Å². The van der Waals surface area contributed by atoms with Crippen molar-refractivity contribution in [1.82, 2.24) is 15.6 Å². The molecule has 0 aliphatic carbocycles. The molecule has 1 saturated heterocycles. The van der Waals surface area contributed by atoms with Gasteiger partial charge in [-0.25, -0.2) is 5.32 Å². The summed E-state index contributed by atoms with van der Waals surface area (Å²) in [5.41, 5.74) is 3.65. The molecular formula is C21H21ClN3. The molecule has 0 amide bonds. The molecule has 2 unspecified atom stereocenters. The fourth-order valence-corrected chi connectivity index (χ4v) is 3.77. The highest BCUT2D eigenvalue weighted by Crippen LogP contribution is 2.29. The normalized spacial score (nSPS) is 19.0. The molecule has 1 fully saturated rings. The summed E-state index contributed by atoms with van der Waals surface area (Å²) in [6.45, 7) is 2.77. The van der Waals surface area contributed by atoms with Crippen molar-refractivity contribution in [2.45, 2.75) is 18.4 Å². The van der Waals surface area contributed by atoms with E-state index in [1.165, 1.54) is 16.5 Å². The van der Waals surface area contributed by atoms with Crippen molar-refractivity contribution in [3.63, 3.8) is 0 Å². The highest BCUT2D eigenvalue weighted by Gasteiger charge is 2.26. The third-order valence-corrected chi connectivity index (χ3v) is 5.18. The fraction of sp³-hybridized carbons (Fsp3) is 0.286. The summed E-state index contributed by atoms with van der Waals surface area (Å²) in [5, 5.41) is 10.3. The van der Waals surface area contributed by atoms with Crippen LogP contribution >= 0.6 is 11.6 Å². The Morgan fingerprint density at radius 3 is 2.72 bits per heavy atom. The lowest BCUT2D eigenvalue weighted by Gasteiger charge is -2.31. The number of benzene rings is 2. The molecule has 2 heterocycles. The highest BCUT2D eigenvalue weighted by molar-refractivity contribution is 6.30. The van der Waals surface area contributed by atoms with Gasteiger partial charge in [-0.15, -0.1) is 0 Å². The first-order valence-corrected chi connectivity index (χ1v) is 9.14. The number of halogens is 1. The molecule has 4 rings (SSSR count). The molecule has 0 saturated carbocycles. The smallest absolute Gasteiger partial charge is 0.0734 e. The summed E-state index contributed by atoms with van der Waals surface area (Å²) in [6, 6.07) is 19.0. The van der Waals surface area contributed by atoms with E-state index in [1.807, 2.05) is 24.4 Å². The largest absolute Gasteiger partial charge is 0.314 e. The van der Waals surface area contributed by atoms with E-state index in [0.29, 0.717) is 5.92 Å². The van der Waals surface area contributed by atoms with Crippen LogP contribution in [0.5, 0.6) is 0 Å². The third-order valence-electron chi connectivity index (χ3n) is 4.92. The second-order valence-electron chi connectivity index (χ2n) is 6.53. The summed E-state index contributed by atoms with van der Waals surface area (Å²) < 4.78 is 0. The molecule has 4 heteroatoms. The minimum Gasteiger partial charge on any atom is -0.314 e. The SMILES string of the molecule is Clc1ccc(C(Cc2cccc3cccnc23)C2CNCC[N]2)cc1. The average molecular weight is 351 g/mol. The van der Waals surface area contributed by atoms with E-state index in [2.05, 4.69) is 46.7 Å². The number of para-hydroxylation sites is 1. The molecule has 25 heavy (non-hydrogen) atoms. The zero-order valence-corrected chi connectivity index (χ0v) is 14.8. The van der Waals surface area contributed by atoms with Gasteiger partial charge in [0.1, 0.15) is 0 Å². The Labute approximate surface area is 153 Å². The van der Waals surface area contributed by atoms with Crippen LogP contribution in [-0.2, 0) is 6.42 Å². The molecular weight excluding hydrogens is 330 g/mol. The van der Waals surface area contributed by atoms with Gasteiger partial charge in [-0.1, -0.05) is 48.0 Å². The van der Waals surface area contributed by atoms with Crippen molar-refractivity contribution in [2.24, 2.45) is 0 Å². The third kappa shape index (κ3) is 3.69. The summed E-state index contributed by atoms with van der Waals surface area (Å²) >= 11 is 6.09. The van der Waals surface area contributed by atoms with Gasteiger partial charge in [-0.2, -0.15) is 0 Å². The van der Waals surface area contributed by atoms with Crippen LogP contribution in [0.2, 0.25) is 5.02 Å². The van der Waals surface area contributed by atoms with Crippen LogP contribution in [-0.4, -0.2) is 30.7 Å². The predicted octanol–water partition coefficient (Wildman–Crippen LogP) is 3.79. The minimum absolute atomic E-state index is 0.272. The van der Waals surface area contributed by atoms with Crippen molar-refractivity contribution in [3.8, 4) is 0 Å². The summed E-state index contributed by atoms with van der Waals surface area (Å²) in [6.07, 6.45) is 2.79. The van der Waals surface area contributed by atoms with E-state index in [9.17, 15) is 0 Å². The molecule has 0 bridgehead atoms. The molecule has 2 aromatic carbocycles. The minimum atomic E-state index is 0.272. The van der Waals surface area contributed by atoms with Gasteiger partial charge in [0.05, 0.1) is 5.52 Å². The Hall–Kier alpha value is -1.94. The Kier molecular flexibility index (Phi) is 4.97. The standard InChI is InChI=1S/C21H21ClN3/c22-18-8-6-15(7-9-18)19(20-14-23-11-12-24-20)13-17-4-1-3-16-5-2-10-25-21(16)17/h1-10,19-20,23H,11-14H2. The number of nitrogens with one attached hydrogen (secondary N) is 1. The van der Waals surface area contributed by atoms with Gasteiger partial charge >= 0.3 is 0 Å². The van der Waals surface area contributed by atoms with Gasteiger partial charge in [-0.05, 0) is 35.7 Å². The van der Waals surface area contributed by atoms with Gasteiger partial charge in [0.25, 0.3) is 0 Å². The van der Waals surface area contributed by atoms with Gasteiger partial charge in [-0.3, -0.25) is 4.98 Å². The first-order chi connectivity index (χ1) is 12.3. The van der Waals surface area contributed by atoms with E-state index in [4.69, 9.17) is 16.9 Å².